The summed E-state index contributed by atoms with van der Waals surface area (Å²) in [5.74, 6) is 1.66. The van der Waals surface area contributed by atoms with Gasteiger partial charge in [-0.25, -0.2) is 0 Å². The minimum Gasteiger partial charge on any atom is -0.497 e. The van der Waals surface area contributed by atoms with Crippen LogP contribution in [0.25, 0.3) is 0 Å². The van der Waals surface area contributed by atoms with E-state index in [4.69, 9.17) is 9.47 Å². The van der Waals surface area contributed by atoms with E-state index in [9.17, 15) is 5.11 Å². The number of nitrogens with zero attached hydrogens (tertiary/aromatic N) is 1. The first-order chi connectivity index (χ1) is 11.3. The first-order valence-electron chi connectivity index (χ1n) is 9.04. The predicted molar refractivity (Wildman–Crippen MR) is 98.1 cm³/mol. The molecule has 4 nitrogen and oxygen atoms in total. The molecule has 1 N–H and O–H groups in total. The van der Waals surface area contributed by atoms with Gasteiger partial charge in [0.15, 0.2) is 0 Å². The second-order valence-electron chi connectivity index (χ2n) is 7.92. The van der Waals surface area contributed by atoms with E-state index in [1.54, 1.807) is 7.11 Å². The molecule has 0 bridgehead atoms. The molecule has 1 aliphatic heterocycles. The third-order valence-corrected chi connectivity index (χ3v) is 4.81. The molecule has 1 aromatic rings. The topological polar surface area (TPSA) is 41.9 Å². The van der Waals surface area contributed by atoms with E-state index in [0.717, 1.165) is 23.6 Å². The molecule has 0 aliphatic carbocycles. The van der Waals surface area contributed by atoms with Crippen molar-refractivity contribution in [3.63, 3.8) is 0 Å². The van der Waals surface area contributed by atoms with Gasteiger partial charge in [-0.2, -0.15) is 0 Å². The van der Waals surface area contributed by atoms with Gasteiger partial charge in [0.25, 0.3) is 0 Å². The van der Waals surface area contributed by atoms with Gasteiger partial charge in [-0.3, -0.25) is 4.90 Å². The molecule has 0 spiro atoms. The molecule has 2 atom stereocenters. The smallest absolute Gasteiger partial charge is 0.123 e. The number of piperidine rings is 1. The average molecular weight is 335 g/mol. The van der Waals surface area contributed by atoms with Crippen molar-refractivity contribution in [2.24, 2.45) is 0 Å². The van der Waals surface area contributed by atoms with E-state index >= 15 is 0 Å². The lowest BCUT2D eigenvalue weighted by Gasteiger charge is -2.34. The minimum absolute atomic E-state index is 0.0454. The van der Waals surface area contributed by atoms with E-state index in [2.05, 4.69) is 32.6 Å². The van der Waals surface area contributed by atoms with Gasteiger partial charge in [0, 0.05) is 18.2 Å². The third kappa shape index (κ3) is 5.12. The summed E-state index contributed by atoms with van der Waals surface area (Å²) in [4.78, 5) is 2.37. The van der Waals surface area contributed by atoms with Crippen molar-refractivity contribution in [2.45, 2.75) is 64.5 Å². The maximum absolute atomic E-state index is 10.4. The number of rotatable bonds is 6. The number of hydrogen-bond acceptors (Lipinski definition) is 4. The largest absolute Gasteiger partial charge is 0.497 e. The molecule has 4 heteroatoms. The van der Waals surface area contributed by atoms with Crippen LogP contribution in [-0.4, -0.2) is 49.0 Å². The van der Waals surface area contributed by atoms with E-state index in [-0.39, 0.29) is 5.41 Å². The summed E-state index contributed by atoms with van der Waals surface area (Å²) in [6, 6.07) is 6.42. The highest BCUT2D eigenvalue weighted by molar-refractivity contribution is 5.44. The summed E-state index contributed by atoms with van der Waals surface area (Å²) >= 11 is 0. The van der Waals surface area contributed by atoms with Crippen molar-refractivity contribution >= 4 is 0 Å². The van der Waals surface area contributed by atoms with Crippen LogP contribution in [0.4, 0.5) is 0 Å². The molecule has 1 heterocycles. The van der Waals surface area contributed by atoms with Crippen LogP contribution < -0.4 is 9.47 Å². The van der Waals surface area contributed by atoms with Crippen LogP contribution in [0.15, 0.2) is 18.2 Å². The second-order valence-corrected chi connectivity index (χ2v) is 7.92. The molecule has 1 fully saturated rings. The lowest BCUT2D eigenvalue weighted by molar-refractivity contribution is 0.0433. The third-order valence-electron chi connectivity index (χ3n) is 4.81. The quantitative estimate of drug-likeness (QED) is 0.862. The molecule has 0 saturated carbocycles. The zero-order valence-electron chi connectivity index (χ0n) is 15.8. The monoisotopic (exact) mass is 335 g/mol. The van der Waals surface area contributed by atoms with Gasteiger partial charge in [0.1, 0.15) is 24.2 Å². The van der Waals surface area contributed by atoms with Crippen molar-refractivity contribution in [1.29, 1.82) is 0 Å². The highest BCUT2D eigenvalue weighted by Gasteiger charge is 2.23. The number of aliphatic hydroxyl groups excluding tert-OH is 1. The Morgan fingerprint density at radius 1 is 1.29 bits per heavy atom. The molecule has 1 saturated heterocycles. The number of aliphatic hydroxyl groups is 1. The molecule has 2 rings (SSSR count). The van der Waals surface area contributed by atoms with Gasteiger partial charge in [0.05, 0.1) is 7.11 Å². The Hall–Kier alpha value is -1.26. The molecular weight excluding hydrogens is 302 g/mol. The van der Waals surface area contributed by atoms with Crippen molar-refractivity contribution in [3.8, 4) is 11.5 Å². The van der Waals surface area contributed by atoms with Crippen molar-refractivity contribution in [1.82, 2.24) is 4.90 Å². The first kappa shape index (κ1) is 19.1. The van der Waals surface area contributed by atoms with Crippen LogP contribution >= 0.6 is 0 Å². The van der Waals surface area contributed by atoms with E-state index in [1.165, 1.54) is 19.3 Å². The Morgan fingerprint density at radius 2 is 2.04 bits per heavy atom. The first-order valence-corrected chi connectivity index (χ1v) is 9.04. The van der Waals surface area contributed by atoms with Gasteiger partial charge in [0.2, 0.25) is 0 Å². The summed E-state index contributed by atoms with van der Waals surface area (Å²) in [5, 5.41) is 10.4. The molecule has 0 aromatic heterocycles. The number of β-amino-alcohol motifs (C(OH)–C–C–N with tert-alkyl or cyclic N) is 1. The van der Waals surface area contributed by atoms with Crippen LogP contribution in [-0.2, 0) is 5.41 Å². The molecule has 1 aliphatic rings. The van der Waals surface area contributed by atoms with Gasteiger partial charge in [-0.15, -0.1) is 0 Å². The Labute approximate surface area is 146 Å². The van der Waals surface area contributed by atoms with Crippen molar-refractivity contribution in [2.75, 3.05) is 26.8 Å². The summed E-state index contributed by atoms with van der Waals surface area (Å²) in [5.41, 5.74) is 1.05. The Bertz CT molecular complexity index is 524. The number of ether oxygens (including phenoxy) is 2. The number of benzene rings is 1. The summed E-state index contributed by atoms with van der Waals surface area (Å²) < 4.78 is 11.3. The van der Waals surface area contributed by atoms with Crippen LogP contribution in [0, 0.1) is 0 Å². The average Bonchev–Trinajstić information content (AvgIpc) is 2.54. The van der Waals surface area contributed by atoms with Gasteiger partial charge >= 0.3 is 0 Å². The number of likely N-dealkylation sites (tertiary alicyclic amines) is 1. The van der Waals surface area contributed by atoms with Crippen LogP contribution in [0.2, 0.25) is 0 Å². The van der Waals surface area contributed by atoms with E-state index in [0.29, 0.717) is 19.2 Å². The minimum atomic E-state index is -0.472. The Balaban J connectivity index is 1.98. The second kappa shape index (κ2) is 8.21. The number of methoxy groups -OCH3 is 1. The maximum atomic E-state index is 10.4. The Kier molecular flexibility index (Phi) is 6.53. The number of hydrogen-bond donors (Lipinski definition) is 1. The normalized spacial score (nSPS) is 20.7. The van der Waals surface area contributed by atoms with E-state index in [1.807, 2.05) is 18.2 Å². The van der Waals surface area contributed by atoms with Gasteiger partial charge < -0.3 is 14.6 Å². The summed E-state index contributed by atoms with van der Waals surface area (Å²) in [6.45, 7) is 10.8. The highest BCUT2D eigenvalue weighted by Crippen LogP contribution is 2.34. The van der Waals surface area contributed by atoms with Crippen molar-refractivity contribution in [3.05, 3.63) is 23.8 Å². The van der Waals surface area contributed by atoms with Crippen molar-refractivity contribution < 1.29 is 14.6 Å². The van der Waals surface area contributed by atoms with E-state index < -0.39 is 6.10 Å². The molecular formula is C20H33NO3. The zero-order chi connectivity index (χ0) is 17.7. The summed E-state index contributed by atoms with van der Waals surface area (Å²) in [7, 11) is 1.67. The molecule has 1 aromatic carbocycles. The van der Waals surface area contributed by atoms with Gasteiger partial charge in [-0.05, 0) is 49.9 Å². The van der Waals surface area contributed by atoms with Crippen LogP contribution in [0.5, 0.6) is 11.5 Å². The SMILES string of the molecule is COc1ccc(OC[C@H](O)CN2CCCC[C@H]2C)c(C(C)(C)C)c1. The molecule has 136 valence electrons. The lowest BCUT2D eigenvalue weighted by atomic mass is 9.86. The zero-order valence-corrected chi connectivity index (χ0v) is 15.8. The lowest BCUT2D eigenvalue weighted by Crippen LogP contribution is -2.43. The molecule has 24 heavy (non-hydrogen) atoms. The summed E-state index contributed by atoms with van der Waals surface area (Å²) in [6.07, 6.45) is 3.27. The van der Waals surface area contributed by atoms with Crippen LogP contribution in [0.3, 0.4) is 0 Å². The predicted octanol–water partition coefficient (Wildman–Crippen LogP) is 3.61. The fraction of sp³-hybridized carbons (Fsp3) is 0.700. The molecule has 0 radical (unpaired) electrons. The van der Waals surface area contributed by atoms with Crippen LogP contribution in [0.1, 0.15) is 52.5 Å². The maximum Gasteiger partial charge on any atom is 0.123 e. The fourth-order valence-electron chi connectivity index (χ4n) is 3.29. The standard InChI is InChI=1S/C20H33NO3/c1-15-8-6-7-11-21(15)13-16(22)14-24-19-10-9-17(23-5)12-18(19)20(2,3)4/h9-10,12,15-16,22H,6-8,11,13-14H2,1-5H3/t15-,16-/m1/s1. The Morgan fingerprint density at radius 3 is 2.67 bits per heavy atom. The van der Waals surface area contributed by atoms with Gasteiger partial charge in [-0.1, -0.05) is 27.2 Å². The fourth-order valence-corrected chi connectivity index (χ4v) is 3.29. The molecule has 0 amide bonds. The highest BCUT2D eigenvalue weighted by atomic mass is 16.5. The molecule has 0 unspecified atom stereocenters.